The second kappa shape index (κ2) is 9.39. The van der Waals surface area contributed by atoms with Crippen LogP contribution in [0.25, 0.3) is 0 Å². The third-order valence-corrected chi connectivity index (χ3v) is 4.10. The number of rotatable bonds is 7. The minimum absolute atomic E-state index is 0.00343. The molecular formula is C18H26N2O5. The third-order valence-electron chi connectivity index (χ3n) is 4.10. The molecule has 1 aromatic rings. The molecule has 1 aliphatic rings. The first kappa shape index (κ1) is 19.2. The molecule has 2 amide bonds. The number of nitrogens with zero attached hydrogens (tertiary/aromatic N) is 1. The van der Waals surface area contributed by atoms with Crippen molar-refractivity contribution in [3.63, 3.8) is 0 Å². The van der Waals surface area contributed by atoms with E-state index in [0.29, 0.717) is 25.4 Å². The molecule has 7 nitrogen and oxygen atoms in total. The molecule has 1 aliphatic heterocycles. The van der Waals surface area contributed by atoms with E-state index in [1.807, 2.05) is 24.3 Å². The lowest BCUT2D eigenvalue weighted by atomic mass is 10.1. The highest BCUT2D eigenvalue weighted by atomic mass is 16.5. The average molecular weight is 350 g/mol. The zero-order valence-electron chi connectivity index (χ0n) is 15.0. The molecule has 0 saturated carbocycles. The van der Waals surface area contributed by atoms with Gasteiger partial charge < -0.3 is 24.4 Å². The van der Waals surface area contributed by atoms with E-state index < -0.39 is 0 Å². The van der Waals surface area contributed by atoms with Crippen molar-refractivity contribution in [1.82, 2.24) is 10.2 Å². The van der Waals surface area contributed by atoms with E-state index in [1.54, 1.807) is 21.2 Å². The minimum atomic E-state index is -0.272. The Balaban J connectivity index is 1.91. The molecule has 7 heteroatoms. The lowest BCUT2D eigenvalue weighted by Gasteiger charge is -2.32. The topological polar surface area (TPSA) is 77.1 Å². The highest BCUT2D eigenvalue weighted by Gasteiger charge is 2.29. The SMILES string of the molecule is COc1ccccc1CC(=O)N[C@@H]1COCC[C@@H]1OCC(=O)N(C)C. The number of benzene rings is 1. The van der Waals surface area contributed by atoms with Crippen molar-refractivity contribution in [2.75, 3.05) is 41.0 Å². The van der Waals surface area contributed by atoms with Gasteiger partial charge in [-0.25, -0.2) is 0 Å². The zero-order valence-corrected chi connectivity index (χ0v) is 15.0. The van der Waals surface area contributed by atoms with Crippen LogP contribution in [0.3, 0.4) is 0 Å². The van der Waals surface area contributed by atoms with E-state index in [4.69, 9.17) is 14.2 Å². The molecule has 1 heterocycles. The lowest BCUT2D eigenvalue weighted by molar-refractivity contribution is -0.140. The Morgan fingerprint density at radius 2 is 2.08 bits per heavy atom. The minimum Gasteiger partial charge on any atom is -0.496 e. The Labute approximate surface area is 148 Å². The summed E-state index contributed by atoms with van der Waals surface area (Å²) in [4.78, 5) is 25.6. The first-order valence-corrected chi connectivity index (χ1v) is 8.32. The second-order valence-corrected chi connectivity index (χ2v) is 6.16. The van der Waals surface area contributed by atoms with Gasteiger partial charge in [-0.1, -0.05) is 18.2 Å². The number of carbonyl (C=O) groups is 2. The molecule has 1 N–H and O–H groups in total. The van der Waals surface area contributed by atoms with Crippen LogP contribution in [-0.2, 0) is 25.5 Å². The molecule has 1 aromatic carbocycles. The number of para-hydroxylation sites is 1. The smallest absolute Gasteiger partial charge is 0.248 e. The van der Waals surface area contributed by atoms with Crippen LogP contribution in [0.15, 0.2) is 24.3 Å². The van der Waals surface area contributed by atoms with Gasteiger partial charge in [-0.2, -0.15) is 0 Å². The van der Waals surface area contributed by atoms with Gasteiger partial charge in [0.2, 0.25) is 11.8 Å². The van der Waals surface area contributed by atoms with Crippen LogP contribution in [0.2, 0.25) is 0 Å². The monoisotopic (exact) mass is 350 g/mol. The van der Waals surface area contributed by atoms with Crippen molar-refractivity contribution >= 4 is 11.8 Å². The molecule has 0 aliphatic carbocycles. The summed E-state index contributed by atoms with van der Waals surface area (Å²) in [6, 6.07) is 7.14. The van der Waals surface area contributed by atoms with Crippen molar-refractivity contribution < 1.29 is 23.8 Å². The van der Waals surface area contributed by atoms with E-state index in [-0.39, 0.29) is 37.0 Å². The van der Waals surface area contributed by atoms with Gasteiger partial charge in [0.15, 0.2) is 0 Å². The molecule has 0 aromatic heterocycles. The van der Waals surface area contributed by atoms with Crippen molar-refractivity contribution in [2.45, 2.75) is 25.0 Å². The predicted molar refractivity (Wildman–Crippen MR) is 92.5 cm³/mol. The first-order chi connectivity index (χ1) is 12.0. The highest BCUT2D eigenvalue weighted by Crippen LogP contribution is 2.18. The second-order valence-electron chi connectivity index (χ2n) is 6.16. The fourth-order valence-electron chi connectivity index (χ4n) is 2.64. The van der Waals surface area contributed by atoms with Crippen molar-refractivity contribution in [3.05, 3.63) is 29.8 Å². The molecule has 0 bridgehead atoms. The van der Waals surface area contributed by atoms with E-state index >= 15 is 0 Å². The van der Waals surface area contributed by atoms with Crippen LogP contribution in [-0.4, -0.2) is 69.9 Å². The number of amides is 2. The maximum atomic E-state index is 12.4. The first-order valence-electron chi connectivity index (χ1n) is 8.32. The Morgan fingerprint density at radius 1 is 1.32 bits per heavy atom. The van der Waals surface area contributed by atoms with Crippen molar-refractivity contribution in [2.24, 2.45) is 0 Å². The summed E-state index contributed by atoms with van der Waals surface area (Å²) in [5, 5.41) is 2.95. The quantitative estimate of drug-likeness (QED) is 0.780. The van der Waals surface area contributed by atoms with E-state index in [9.17, 15) is 9.59 Å². The zero-order chi connectivity index (χ0) is 18.2. The molecule has 0 unspecified atom stereocenters. The molecule has 1 saturated heterocycles. The number of methoxy groups -OCH3 is 1. The number of likely N-dealkylation sites (N-methyl/N-ethyl adjacent to an activating group) is 1. The molecule has 25 heavy (non-hydrogen) atoms. The normalized spacial score (nSPS) is 20.0. The van der Waals surface area contributed by atoms with Gasteiger partial charge in [0.25, 0.3) is 0 Å². The van der Waals surface area contributed by atoms with Crippen LogP contribution in [0.5, 0.6) is 5.75 Å². The molecule has 1 fully saturated rings. The Morgan fingerprint density at radius 3 is 2.80 bits per heavy atom. The molecule has 2 atom stereocenters. The van der Waals surface area contributed by atoms with Gasteiger partial charge in [0.05, 0.1) is 32.3 Å². The summed E-state index contributed by atoms with van der Waals surface area (Å²) in [7, 11) is 4.95. The van der Waals surface area contributed by atoms with Crippen LogP contribution in [0.1, 0.15) is 12.0 Å². The lowest BCUT2D eigenvalue weighted by Crippen LogP contribution is -2.51. The van der Waals surface area contributed by atoms with Crippen molar-refractivity contribution in [3.8, 4) is 5.75 Å². The van der Waals surface area contributed by atoms with Gasteiger partial charge >= 0.3 is 0 Å². The molecule has 2 rings (SSSR count). The van der Waals surface area contributed by atoms with Crippen molar-refractivity contribution in [1.29, 1.82) is 0 Å². The summed E-state index contributed by atoms with van der Waals surface area (Å²) < 4.78 is 16.4. The Hall–Kier alpha value is -2.12. The van der Waals surface area contributed by atoms with E-state index in [1.165, 1.54) is 4.90 Å². The molecule has 138 valence electrons. The molecule has 0 spiro atoms. The van der Waals surface area contributed by atoms with Crippen LogP contribution in [0, 0.1) is 0 Å². The van der Waals surface area contributed by atoms with E-state index in [2.05, 4.69) is 5.32 Å². The average Bonchev–Trinajstić information content (AvgIpc) is 2.61. The Bertz CT molecular complexity index is 591. The van der Waals surface area contributed by atoms with Gasteiger partial charge in [0.1, 0.15) is 12.4 Å². The molecule has 0 radical (unpaired) electrons. The number of hydrogen-bond acceptors (Lipinski definition) is 5. The maximum Gasteiger partial charge on any atom is 0.248 e. The van der Waals surface area contributed by atoms with Gasteiger partial charge in [-0.3, -0.25) is 9.59 Å². The maximum absolute atomic E-state index is 12.4. The standard InChI is InChI=1S/C18H26N2O5/c1-20(2)18(22)12-25-16-8-9-24-11-14(16)19-17(21)10-13-6-4-5-7-15(13)23-3/h4-7,14,16H,8-12H2,1-3H3,(H,19,21)/t14-,16+/m1/s1. The highest BCUT2D eigenvalue weighted by molar-refractivity contribution is 5.79. The summed E-state index contributed by atoms with van der Waals surface area (Å²) in [6.45, 7) is 0.925. The molecular weight excluding hydrogens is 324 g/mol. The van der Waals surface area contributed by atoms with Gasteiger partial charge in [0, 0.05) is 26.3 Å². The third kappa shape index (κ3) is 5.72. The van der Waals surface area contributed by atoms with E-state index in [0.717, 1.165) is 5.56 Å². The summed E-state index contributed by atoms with van der Waals surface area (Å²) in [5.41, 5.74) is 0.819. The fourth-order valence-corrected chi connectivity index (χ4v) is 2.64. The summed E-state index contributed by atoms with van der Waals surface area (Å²) in [5.74, 6) is 0.444. The fraction of sp³-hybridized carbons (Fsp3) is 0.556. The van der Waals surface area contributed by atoms with Crippen LogP contribution < -0.4 is 10.1 Å². The Kier molecular flexibility index (Phi) is 7.21. The number of carbonyl (C=O) groups excluding carboxylic acids is 2. The number of ether oxygens (including phenoxy) is 3. The summed E-state index contributed by atoms with van der Waals surface area (Å²) >= 11 is 0. The largest absolute Gasteiger partial charge is 0.496 e. The van der Waals surface area contributed by atoms with Gasteiger partial charge in [-0.15, -0.1) is 0 Å². The van der Waals surface area contributed by atoms with Crippen LogP contribution >= 0.6 is 0 Å². The number of hydrogen-bond donors (Lipinski definition) is 1. The summed E-state index contributed by atoms with van der Waals surface area (Å²) in [6.07, 6.45) is 0.615. The van der Waals surface area contributed by atoms with Gasteiger partial charge in [-0.05, 0) is 12.5 Å². The predicted octanol–water partition coefficient (Wildman–Crippen LogP) is 0.616. The van der Waals surface area contributed by atoms with Crippen LogP contribution in [0.4, 0.5) is 0 Å². The number of nitrogens with one attached hydrogen (secondary N) is 1.